The highest BCUT2D eigenvalue weighted by atomic mass is 19.1. The van der Waals surface area contributed by atoms with Crippen LogP contribution in [0.3, 0.4) is 0 Å². The van der Waals surface area contributed by atoms with Gasteiger partial charge in [0, 0.05) is 6.61 Å². The van der Waals surface area contributed by atoms with Crippen molar-refractivity contribution in [3.63, 3.8) is 0 Å². The summed E-state index contributed by atoms with van der Waals surface area (Å²) < 4.78 is 20.2. The lowest BCUT2D eigenvalue weighted by Gasteiger charge is -1.98. The van der Waals surface area contributed by atoms with Crippen molar-refractivity contribution in [2.75, 3.05) is 13.5 Å². The third-order valence-corrected chi connectivity index (χ3v) is 1.06. The highest BCUT2D eigenvalue weighted by Gasteiger charge is 1.91. The van der Waals surface area contributed by atoms with Crippen molar-refractivity contribution in [1.82, 2.24) is 0 Å². The number of alkyl halides is 1. The van der Waals surface area contributed by atoms with E-state index >= 15 is 0 Å². The Hall–Kier alpha value is -0.0851. The molecule has 2 nitrogen and oxygen atoms in total. The first-order chi connectivity index (χ1) is 4.91. The van der Waals surface area contributed by atoms with Crippen molar-refractivity contribution in [3.8, 4) is 0 Å². The smallest absolute Gasteiger partial charge is 0.413 e. The van der Waals surface area contributed by atoms with E-state index in [0.29, 0.717) is 6.61 Å². The van der Waals surface area contributed by atoms with Crippen LogP contribution in [0, 0.1) is 0 Å². The van der Waals surface area contributed by atoms with Gasteiger partial charge in [0.1, 0.15) is 0 Å². The Labute approximate surface area is 62.0 Å². The van der Waals surface area contributed by atoms with E-state index < -0.39 is 6.86 Å². The van der Waals surface area contributed by atoms with Crippen LogP contribution in [-0.2, 0) is 9.31 Å². The number of rotatable bonds is 7. The summed E-state index contributed by atoms with van der Waals surface area (Å²) in [6.07, 6.45) is 3.30. The molecule has 0 aliphatic heterocycles. The van der Waals surface area contributed by atoms with Crippen LogP contribution in [0.15, 0.2) is 0 Å². The summed E-state index contributed by atoms with van der Waals surface area (Å²) in [6.45, 7) is 1.92. The Kier molecular flexibility index (Phi) is 8.84. The lowest BCUT2D eigenvalue weighted by atomic mass is 10.2. The van der Waals surface area contributed by atoms with E-state index in [9.17, 15) is 4.39 Å². The highest BCUT2D eigenvalue weighted by Crippen LogP contribution is 1.93. The zero-order valence-electron chi connectivity index (χ0n) is 6.31. The molecule has 0 saturated carbocycles. The van der Waals surface area contributed by atoms with E-state index in [2.05, 4.69) is 11.6 Å². The molecule has 0 aliphatic rings. The Balaban J connectivity index is 2.65. The molecule has 0 aromatic carbocycles. The topological polar surface area (TPSA) is 18.5 Å². The predicted octanol–water partition coefficient (Wildman–Crippen LogP) is 1.67. The molecule has 0 aromatic rings. The van der Waals surface area contributed by atoms with Crippen molar-refractivity contribution in [2.45, 2.75) is 26.2 Å². The molecule has 0 rings (SSSR count). The van der Waals surface area contributed by atoms with Gasteiger partial charge in [-0.2, -0.15) is 0 Å². The average molecular weight is 147 g/mol. The van der Waals surface area contributed by atoms with Crippen molar-refractivity contribution in [2.24, 2.45) is 0 Å². The zero-order chi connectivity index (χ0) is 7.66. The van der Waals surface area contributed by atoms with Gasteiger partial charge in [0.05, 0.1) is 0 Å². The molecule has 0 fully saturated rings. The summed E-state index contributed by atoms with van der Waals surface area (Å²) >= 11 is 0. The van der Waals surface area contributed by atoms with Gasteiger partial charge in [-0.1, -0.05) is 19.8 Å². The molecule has 0 unspecified atom stereocenters. The number of unbranched alkanes of at least 4 members (excludes halogenated alkanes) is 2. The van der Waals surface area contributed by atoms with Gasteiger partial charge in [-0.05, 0) is 6.42 Å². The summed E-state index contributed by atoms with van der Waals surface area (Å²) in [5.74, 6) is 0. The lowest BCUT2D eigenvalue weighted by molar-refractivity contribution is 0.150. The Bertz CT molecular complexity index is 55.7. The van der Waals surface area contributed by atoms with E-state index in [1.54, 1.807) is 0 Å². The number of halogens is 1. The van der Waals surface area contributed by atoms with Crippen molar-refractivity contribution in [1.29, 1.82) is 0 Å². The minimum Gasteiger partial charge on any atom is -0.413 e. The molecule has 0 heterocycles. The van der Waals surface area contributed by atoms with Crippen LogP contribution in [0.1, 0.15) is 26.2 Å². The van der Waals surface area contributed by atoms with E-state index in [1.165, 1.54) is 0 Å². The van der Waals surface area contributed by atoms with Gasteiger partial charge in [-0.3, -0.25) is 0 Å². The van der Waals surface area contributed by atoms with E-state index in [-0.39, 0.29) is 0 Å². The first kappa shape index (κ1) is 9.91. The number of hydrogen-bond acceptors (Lipinski definition) is 2. The molecular weight excluding hydrogens is 134 g/mol. The summed E-state index contributed by atoms with van der Waals surface area (Å²) in [5, 5.41) is 0. The molecule has 0 N–H and O–H groups in total. The fourth-order valence-corrected chi connectivity index (χ4v) is 0.557. The Morgan fingerprint density at radius 1 is 1.30 bits per heavy atom. The minimum atomic E-state index is -0.812. The van der Waals surface area contributed by atoms with Gasteiger partial charge in [-0.15, -0.1) is 0 Å². The van der Waals surface area contributed by atoms with Crippen molar-refractivity contribution >= 4 is 7.69 Å². The monoisotopic (exact) mass is 147 g/mol. The second kappa shape index (κ2) is 8.91. The van der Waals surface area contributed by atoms with Gasteiger partial charge in [0.2, 0.25) is 0 Å². The quantitative estimate of drug-likeness (QED) is 0.402. The molecule has 0 amide bonds. The van der Waals surface area contributed by atoms with Gasteiger partial charge >= 0.3 is 7.69 Å². The lowest BCUT2D eigenvalue weighted by Crippen LogP contribution is -2.04. The Morgan fingerprint density at radius 2 is 2.10 bits per heavy atom. The standard InChI is InChI=1S/C6H13BFO2/c1-2-3-4-5-9-7-10-6-8/h2-6H2,1H3. The zero-order valence-corrected chi connectivity index (χ0v) is 6.31. The Morgan fingerprint density at radius 3 is 2.70 bits per heavy atom. The van der Waals surface area contributed by atoms with Crippen LogP contribution in [0.4, 0.5) is 4.39 Å². The fourth-order valence-electron chi connectivity index (χ4n) is 0.557. The van der Waals surface area contributed by atoms with Gasteiger partial charge in [0.15, 0.2) is 6.86 Å². The molecule has 0 aromatic heterocycles. The molecule has 0 atom stereocenters. The molecular formula is C6H13BFO2. The maximum absolute atomic E-state index is 11.2. The second-order valence-electron chi connectivity index (χ2n) is 1.95. The van der Waals surface area contributed by atoms with Gasteiger partial charge in [-0.25, -0.2) is 4.39 Å². The molecule has 10 heavy (non-hydrogen) atoms. The van der Waals surface area contributed by atoms with E-state index in [0.717, 1.165) is 26.9 Å². The largest absolute Gasteiger partial charge is 0.489 e. The molecule has 59 valence electrons. The maximum Gasteiger partial charge on any atom is 0.489 e. The van der Waals surface area contributed by atoms with Crippen LogP contribution >= 0.6 is 0 Å². The highest BCUT2D eigenvalue weighted by molar-refractivity contribution is 6.17. The molecule has 4 heteroatoms. The van der Waals surface area contributed by atoms with Crippen molar-refractivity contribution < 1.29 is 13.7 Å². The van der Waals surface area contributed by atoms with Gasteiger partial charge < -0.3 is 9.31 Å². The number of hydrogen-bond donors (Lipinski definition) is 0. The average Bonchev–Trinajstić information content (AvgIpc) is 1.97. The van der Waals surface area contributed by atoms with Crippen LogP contribution in [0.2, 0.25) is 0 Å². The third kappa shape index (κ3) is 7.91. The molecule has 1 radical (unpaired) electrons. The van der Waals surface area contributed by atoms with Gasteiger partial charge in [0.25, 0.3) is 0 Å². The summed E-state index contributed by atoms with van der Waals surface area (Å²) in [6, 6.07) is 0. The van der Waals surface area contributed by atoms with E-state index in [1.807, 2.05) is 0 Å². The van der Waals surface area contributed by atoms with Crippen LogP contribution in [0.5, 0.6) is 0 Å². The molecule has 0 spiro atoms. The predicted molar refractivity (Wildman–Crippen MR) is 38.3 cm³/mol. The second-order valence-corrected chi connectivity index (χ2v) is 1.95. The first-order valence-electron chi connectivity index (χ1n) is 3.52. The first-order valence-corrected chi connectivity index (χ1v) is 3.52. The third-order valence-electron chi connectivity index (χ3n) is 1.06. The molecule has 0 bridgehead atoms. The SMILES string of the molecule is CCCCCO[B]OCF. The fraction of sp³-hybridized carbons (Fsp3) is 1.00. The van der Waals surface area contributed by atoms with Crippen LogP contribution < -0.4 is 0 Å². The van der Waals surface area contributed by atoms with Crippen LogP contribution in [-0.4, -0.2) is 21.2 Å². The minimum absolute atomic E-state index is 0.619. The normalized spacial score (nSPS) is 9.80. The summed E-state index contributed by atoms with van der Waals surface area (Å²) in [4.78, 5) is 0. The summed E-state index contributed by atoms with van der Waals surface area (Å²) in [5.41, 5.74) is 0. The molecule has 0 aliphatic carbocycles. The van der Waals surface area contributed by atoms with Crippen molar-refractivity contribution in [3.05, 3.63) is 0 Å². The van der Waals surface area contributed by atoms with E-state index in [4.69, 9.17) is 4.65 Å². The maximum atomic E-state index is 11.2. The molecule has 0 saturated heterocycles. The van der Waals surface area contributed by atoms with Crippen LogP contribution in [0.25, 0.3) is 0 Å². The summed E-state index contributed by atoms with van der Waals surface area (Å²) in [7, 11) is 1.05.